The minimum atomic E-state index is -0.222. The average molecular weight is 156 g/mol. The molecule has 3 atom stereocenters. The van der Waals surface area contributed by atoms with E-state index in [9.17, 15) is 0 Å². The SMILES string of the molecule is CC[C@H]1CO[C@]2(C)OCC[C@H]12. The van der Waals surface area contributed by atoms with Crippen LogP contribution in [-0.2, 0) is 9.47 Å². The molecule has 0 N–H and O–H groups in total. The third-order valence-electron chi connectivity index (χ3n) is 3.17. The Hall–Kier alpha value is -0.0800. The molecule has 64 valence electrons. The van der Waals surface area contributed by atoms with Crippen molar-refractivity contribution in [2.45, 2.75) is 32.5 Å². The molecule has 0 spiro atoms. The summed E-state index contributed by atoms with van der Waals surface area (Å²) in [5, 5.41) is 0. The van der Waals surface area contributed by atoms with Crippen molar-refractivity contribution in [3.63, 3.8) is 0 Å². The largest absolute Gasteiger partial charge is 0.350 e. The average Bonchev–Trinajstić information content (AvgIpc) is 2.45. The Morgan fingerprint density at radius 1 is 1.45 bits per heavy atom. The van der Waals surface area contributed by atoms with Crippen LogP contribution in [0.4, 0.5) is 0 Å². The van der Waals surface area contributed by atoms with Crippen LogP contribution < -0.4 is 0 Å². The lowest BCUT2D eigenvalue weighted by atomic mass is 9.87. The summed E-state index contributed by atoms with van der Waals surface area (Å²) in [6, 6.07) is 0. The van der Waals surface area contributed by atoms with Crippen molar-refractivity contribution < 1.29 is 9.47 Å². The first-order valence-electron chi connectivity index (χ1n) is 4.54. The monoisotopic (exact) mass is 156 g/mol. The summed E-state index contributed by atoms with van der Waals surface area (Å²) in [4.78, 5) is 0. The van der Waals surface area contributed by atoms with Crippen molar-refractivity contribution in [2.24, 2.45) is 11.8 Å². The molecule has 2 nitrogen and oxygen atoms in total. The maximum atomic E-state index is 5.65. The first kappa shape index (κ1) is 7.56. The highest BCUT2D eigenvalue weighted by atomic mass is 16.7. The normalized spacial score (nSPS) is 49.6. The molecule has 2 aliphatic rings. The molecule has 0 radical (unpaired) electrons. The van der Waals surface area contributed by atoms with E-state index in [-0.39, 0.29) is 5.79 Å². The summed E-state index contributed by atoms with van der Waals surface area (Å²) in [5.41, 5.74) is 0. The lowest BCUT2D eigenvalue weighted by Gasteiger charge is -2.22. The number of rotatable bonds is 1. The first-order valence-corrected chi connectivity index (χ1v) is 4.54. The highest BCUT2D eigenvalue weighted by Crippen LogP contribution is 2.44. The van der Waals surface area contributed by atoms with Gasteiger partial charge in [0.1, 0.15) is 0 Å². The molecule has 0 aromatic carbocycles. The van der Waals surface area contributed by atoms with Gasteiger partial charge >= 0.3 is 0 Å². The van der Waals surface area contributed by atoms with Crippen LogP contribution >= 0.6 is 0 Å². The van der Waals surface area contributed by atoms with Crippen LogP contribution in [0.1, 0.15) is 26.7 Å². The van der Waals surface area contributed by atoms with Crippen molar-refractivity contribution in [1.82, 2.24) is 0 Å². The summed E-state index contributed by atoms with van der Waals surface area (Å²) in [6.45, 7) is 6.10. The van der Waals surface area contributed by atoms with E-state index in [0.29, 0.717) is 5.92 Å². The zero-order valence-corrected chi connectivity index (χ0v) is 7.30. The summed E-state index contributed by atoms with van der Waals surface area (Å²) in [5.74, 6) is 1.18. The molecule has 2 saturated heterocycles. The fourth-order valence-corrected chi connectivity index (χ4v) is 2.36. The predicted octanol–water partition coefficient (Wildman–Crippen LogP) is 1.80. The van der Waals surface area contributed by atoms with Crippen LogP contribution in [0.25, 0.3) is 0 Å². The third kappa shape index (κ3) is 1.00. The van der Waals surface area contributed by atoms with Gasteiger partial charge in [0, 0.05) is 5.92 Å². The molecular weight excluding hydrogens is 140 g/mol. The highest BCUT2D eigenvalue weighted by molar-refractivity contribution is 4.90. The van der Waals surface area contributed by atoms with Gasteiger partial charge in [-0.25, -0.2) is 0 Å². The van der Waals surface area contributed by atoms with Crippen molar-refractivity contribution in [1.29, 1.82) is 0 Å². The molecule has 2 rings (SSSR count). The standard InChI is InChI=1S/C9H16O2/c1-3-7-6-11-9(2)8(7)4-5-10-9/h7-8H,3-6H2,1-2H3/t7-,8+,9-/m0/s1. The number of ether oxygens (including phenoxy) is 2. The molecule has 0 aliphatic carbocycles. The van der Waals surface area contributed by atoms with Crippen LogP contribution in [0.5, 0.6) is 0 Å². The Kier molecular flexibility index (Phi) is 1.69. The van der Waals surface area contributed by atoms with Crippen LogP contribution in [0.15, 0.2) is 0 Å². The second kappa shape index (κ2) is 2.46. The Bertz CT molecular complexity index is 158. The zero-order chi connectivity index (χ0) is 7.90. The molecule has 0 saturated carbocycles. The minimum absolute atomic E-state index is 0.222. The van der Waals surface area contributed by atoms with Gasteiger partial charge in [-0.1, -0.05) is 13.3 Å². The van der Waals surface area contributed by atoms with Crippen LogP contribution in [-0.4, -0.2) is 19.0 Å². The first-order chi connectivity index (χ1) is 5.26. The van der Waals surface area contributed by atoms with Gasteiger partial charge < -0.3 is 9.47 Å². The van der Waals surface area contributed by atoms with E-state index in [2.05, 4.69) is 13.8 Å². The van der Waals surface area contributed by atoms with Gasteiger partial charge in [0.15, 0.2) is 5.79 Å². The molecule has 2 heterocycles. The molecule has 0 aromatic rings. The van der Waals surface area contributed by atoms with Crippen molar-refractivity contribution in [3.8, 4) is 0 Å². The highest BCUT2D eigenvalue weighted by Gasteiger charge is 2.50. The number of hydrogen-bond donors (Lipinski definition) is 0. The Balaban J connectivity index is 2.13. The van der Waals surface area contributed by atoms with Crippen LogP contribution in [0.2, 0.25) is 0 Å². The summed E-state index contributed by atoms with van der Waals surface area (Å²) >= 11 is 0. The van der Waals surface area contributed by atoms with Crippen molar-refractivity contribution >= 4 is 0 Å². The lowest BCUT2D eigenvalue weighted by molar-refractivity contribution is -0.181. The zero-order valence-electron chi connectivity index (χ0n) is 7.30. The topological polar surface area (TPSA) is 18.5 Å². The van der Waals surface area contributed by atoms with Gasteiger partial charge in [0.05, 0.1) is 13.2 Å². The molecule has 2 fully saturated rings. The Labute approximate surface area is 67.9 Å². The van der Waals surface area contributed by atoms with Crippen LogP contribution in [0, 0.1) is 11.8 Å². The van der Waals surface area contributed by atoms with Gasteiger partial charge in [-0.3, -0.25) is 0 Å². The van der Waals surface area contributed by atoms with E-state index in [1.807, 2.05) is 0 Å². The van der Waals surface area contributed by atoms with Gasteiger partial charge in [-0.15, -0.1) is 0 Å². The third-order valence-corrected chi connectivity index (χ3v) is 3.17. The maximum Gasteiger partial charge on any atom is 0.168 e. The van der Waals surface area contributed by atoms with E-state index < -0.39 is 0 Å². The fraction of sp³-hybridized carbons (Fsp3) is 1.00. The molecule has 0 bridgehead atoms. The molecule has 0 amide bonds. The molecule has 0 unspecified atom stereocenters. The second-order valence-corrected chi connectivity index (χ2v) is 3.74. The Morgan fingerprint density at radius 3 is 3.00 bits per heavy atom. The number of hydrogen-bond acceptors (Lipinski definition) is 2. The minimum Gasteiger partial charge on any atom is -0.350 e. The molecule has 2 heteroatoms. The van der Waals surface area contributed by atoms with Gasteiger partial charge in [0.25, 0.3) is 0 Å². The van der Waals surface area contributed by atoms with Crippen molar-refractivity contribution in [3.05, 3.63) is 0 Å². The lowest BCUT2D eigenvalue weighted by Crippen LogP contribution is -2.29. The van der Waals surface area contributed by atoms with Gasteiger partial charge in [0.2, 0.25) is 0 Å². The molecule has 2 aliphatic heterocycles. The van der Waals surface area contributed by atoms with E-state index >= 15 is 0 Å². The quantitative estimate of drug-likeness (QED) is 0.576. The van der Waals surface area contributed by atoms with Crippen molar-refractivity contribution in [2.75, 3.05) is 13.2 Å². The second-order valence-electron chi connectivity index (χ2n) is 3.74. The summed E-state index contributed by atoms with van der Waals surface area (Å²) in [6.07, 6.45) is 2.42. The van der Waals surface area contributed by atoms with E-state index in [0.717, 1.165) is 19.1 Å². The predicted molar refractivity (Wildman–Crippen MR) is 42.2 cm³/mol. The molecule has 0 aromatic heterocycles. The molecule has 11 heavy (non-hydrogen) atoms. The summed E-state index contributed by atoms with van der Waals surface area (Å²) in [7, 11) is 0. The van der Waals surface area contributed by atoms with E-state index in [4.69, 9.17) is 9.47 Å². The Morgan fingerprint density at radius 2 is 2.27 bits per heavy atom. The van der Waals surface area contributed by atoms with E-state index in [1.165, 1.54) is 12.8 Å². The maximum absolute atomic E-state index is 5.65. The van der Waals surface area contributed by atoms with Crippen LogP contribution in [0.3, 0.4) is 0 Å². The smallest absolute Gasteiger partial charge is 0.168 e. The number of fused-ring (bicyclic) bond motifs is 1. The van der Waals surface area contributed by atoms with E-state index in [1.54, 1.807) is 0 Å². The van der Waals surface area contributed by atoms with Gasteiger partial charge in [-0.2, -0.15) is 0 Å². The molecular formula is C9H16O2. The summed E-state index contributed by atoms with van der Waals surface area (Å²) < 4.78 is 11.2. The van der Waals surface area contributed by atoms with Gasteiger partial charge in [-0.05, 0) is 19.3 Å². The fourth-order valence-electron chi connectivity index (χ4n) is 2.36.